The summed E-state index contributed by atoms with van der Waals surface area (Å²) in [5.41, 5.74) is 1.64. The molecule has 5 rings (SSSR count). The Bertz CT molecular complexity index is 932. The van der Waals surface area contributed by atoms with Crippen LogP contribution in [0.15, 0.2) is 18.2 Å². The van der Waals surface area contributed by atoms with Gasteiger partial charge in [0.15, 0.2) is 0 Å². The van der Waals surface area contributed by atoms with Crippen LogP contribution in [0.1, 0.15) is 57.4 Å². The molecule has 4 aliphatic rings. The Hall–Kier alpha value is -2.35. The van der Waals surface area contributed by atoms with E-state index in [0.29, 0.717) is 19.2 Å². The standard InChI is InChI=1S/C26H37FN4O3/c1-4-34-25(33)31-19-6-5-7-20(31)16-21(15-19)29-12-10-26(11-13-29)17-30(24(32)28(2)3)23-9-8-18(27)14-22(23)26/h8-9,14,19-21H,4-7,10-13,15-17H2,1-3H3. The van der Waals surface area contributed by atoms with E-state index in [2.05, 4.69) is 4.90 Å². The van der Waals surface area contributed by atoms with Crippen molar-refractivity contribution in [2.24, 2.45) is 0 Å². The first-order valence-corrected chi connectivity index (χ1v) is 12.8. The molecule has 2 unspecified atom stereocenters. The van der Waals surface area contributed by atoms with Gasteiger partial charge in [-0.2, -0.15) is 0 Å². The minimum atomic E-state index is -0.237. The second-order valence-electron chi connectivity index (χ2n) is 10.7. The Morgan fingerprint density at radius 2 is 1.79 bits per heavy atom. The van der Waals surface area contributed by atoms with E-state index in [1.165, 1.54) is 12.5 Å². The molecule has 7 nitrogen and oxygen atoms in total. The first-order chi connectivity index (χ1) is 16.3. The molecule has 4 heterocycles. The maximum absolute atomic E-state index is 14.3. The summed E-state index contributed by atoms with van der Waals surface area (Å²) < 4.78 is 19.6. The van der Waals surface area contributed by atoms with Gasteiger partial charge < -0.3 is 19.4 Å². The summed E-state index contributed by atoms with van der Waals surface area (Å²) in [6.45, 7) is 4.77. The molecule has 3 saturated heterocycles. The van der Waals surface area contributed by atoms with Gasteiger partial charge in [0.1, 0.15) is 5.82 Å². The summed E-state index contributed by atoms with van der Waals surface area (Å²) in [7, 11) is 3.53. The van der Waals surface area contributed by atoms with E-state index in [-0.39, 0.29) is 35.4 Å². The number of hydrogen-bond donors (Lipinski definition) is 0. The molecule has 1 aromatic carbocycles. The quantitative estimate of drug-likeness (QED) is 0.647. The first-order valence-electron chi connectivity index (χ1n) is 12.8. The van der Waals surface area contributed by atoms with Gasteiger partial charge in [-0.3, -0.25) is 4.90 Å². The Morgan fingerprint density at radius 3 is 2.41 bits per heavy atom. The van der Waals surface area contributed by atoms with Crippen molar-refractivity contribution in [3.63, 3.8) is 0 Å². The van der Waals surface area contributed by atoms with E-state index in [1.54, 1.807) is 31.1 Å². The van der Waals surface area contributed by atoms with Crippen LogP contribution < -0.4 is 4.90 Å². The number of ether oxygens (including phenoxy) is 1. The van der Waals surface area contributed by atoms with E-state index < -0.39 is 0 Å². The second kappa shape index (κ2) is 9.02. The van der Waals surface area contributed by atoms with Crippen molar-refractivity contribution in [2.45, 2.75) is 75.4 Å². The monoisotopic (exact) mass is 472 g/mol. The Kier molecular flexibility index (Phi) is 6.21. The molecule has 0 saturated carbocycles. The fraction of sp³-hybridized carbons (Fsp3) is 0.692. The second-order valence-corrected chi connectivity index (χ2v) is 10.7. The molecule has 0 aromatic heterocycles. The van der Waals surface area contributed by atoms with Crippen LogP contribution in [-0.2, 0) is 10.2 Å². The summed E-state index contributed by atoms with van der Waals surface area (Å²) in [4.78, 5) is 33.5. The predicted octanol–water partition coefficient (Wildman–Crippen LogP) is 4.20. The Labute approximate surface area is 201 Å². The van der Waals surface area contributed by atoms with Crippen LogP contribution in [0.2, 0.25) is 0 Å². The number of halogens is 1. The number of hydrogen-bond acceptors (Lipinski definition) is 4. The number of nitrogens with zero attached hydrogens (tertiary/aromatic N) is 4. The summed E-state index contributed by atoms with van der Waals surface area (Å²) >= 11 is 0. The van der Waals surface area contributed by atoms with Crippen LogP contribution >= 0.6 is 0 Å². The van der Waals surface area contributed by atoms with E-state index in [9.17, 15) is 14.0 Å². The molecular weight excluding hydrogens is 435 g/mol. The normalized spacial score (nSPS) is 28.1. The van der Waals surface area contributed by atoms with Gasteiger partial charge in [0.05, 0.1) is 6.61 Å². The SMILES string of the molecule is CCOC(=O)N1C2CCCC1CC(N1CCC3(CC1)CN(C(=O)N(C)C)c1ccc(F)cc13)C2. The van der Waals surface area contributed by atoms with Crippen molar-refractivity contribution < 1.29 is 18.7 Å². The number of amides is 3. The zero-order valence-corrected chi connectivity index (χ0v) is 20.6. The highest BCUT2D eigenvalue weighted by Crippen LogP contribution is 2.48. The average Bonchev–Trinajstić information content (AvgIpc) is 3.11. The van der Waals surface area contributed by atoms with Crippen molar-refractivity contribution in [3.8, 4) is 0 Å². The average molecular weight is 473 g/mol. The third-order valence-electron chi connectivity index (χ3n) is 8.59. The number of fused-ring (bicyclic) bond motifs is 4. The lowest BCUT2D eigenvalue weighted by atomic mass is 9.73. The van der Waals surface area contributed by atoms with Crippen LogP contribution in [0.3, 0.4) is 0 Å². The summed E-state index contributed by atoms with van der Waals surface area (Å²) in [5.74, 6) is -0.237. The number of rotatable bonds is 2. The van der Waals surface area contributed by atoms with Gasteiger partial charge in [0, 0.05) is 49.9 Å². The summed E-state index contributed by atoms with van der Waals surface area (Å²) in [6.07, 6.45) is 6.96. The summed E-state index contributed by atoms with van der Waals surface area (Å²) in [6, 6.07) is 5.82. The molecule has 1 spiro atoms. The molecule has 186 valence electrons. The predicted molar refractivity (Wildman–Crippen MR) is 129 cm³/mol. The van der Waals surface area contributed by atoms with Gasteiger partial charge in [-0.1, -0.05) is 0 Å². The number of urea groups is 1. The molecule has 2 bridgehead atoms. The molecule has 8 heteroatoms. The lowest BCUT2D eigenvalue weighted by Gasteiger charge is -2.52. The molecule has 0 N–H and O–H groups in total. The maximum atomic E-state index is 14.3. The molecular formula is C26H37FN4O3. The molecule has 0 aliphatic carbocycles. The van der Waals surface area contributed by atoms with Gasteiger partial charge in [-0.05, 0) is 88.7 Å². The van der Waals surface area contributed by atoms with Gasteiger partial charge in [0.2, 0.25) is 0 Å². The van der Waals surface area contributed by atoms with Crippen LogP contribution in [0.5, 0.6) is 0 Å². The van der Waals surface area contributed by atoms with Gasteiger partial charge >= 0.3 is 12.1 Å². The zero-order chi connectivity index (χ0) is 24.0. The van der Waals surface area contributed by atoms with E-state index >= 15 is 0 Å². The van der Waals surface area contributed by atoms with Gasteiger partial charge in [-0.25, -0.2) is 14.0 Å². The zero-order valence-electron chi connectivity index (χ0n) is 20.6. The minimum Gasteiger partial charge on any atom is -0.450 e. The van der Waals surface area contributed by atoms with E-state index in [4.69, 9.17) is 4.74 Å². The highest BCUT2D eigenvalue weighted by atomic mass is 19.1. The van der Waals surface area contributed by atoms with E-state index in [0.717, 1.165) is 62.9 Å². The number of carbonyl (C=O) groups excluding carboxylic acids is 2. The van der Waals surface area contributed by atoms with Crippen molar-refractivity contribution in [3.05, 3.63) is 29.6 Å². The fourth-order valence-electron chi connectivity index (χ4n) is 6.95. The third-order valence-corrected chi connectivity index (χ3v) is 8.59. The highest BCUT2D eigenvalue weighted by Gasteiger charge is 2.49. The number of carbonyl (C=O) groups is 2. The largest absolute Gasteiger partial charge is 0.450 e. The Morgan fingerprint density at radius 1 is 1.12 bits per heavy atom. The Balaban J connectivity index is 1.30. The topological polar surface area (TPSA) is 56.3 Å². The first kappa shape index (κ1) is 23.4. The lowest BCUT2D eigenvalue weighted by molar-refractivity contribution is -0.0167. The highest BCUT2D eigenvalue weighted by molar-refractivity contribution is 5.95. The number of piperidine rings is 3. The fourth-order valence-corrected chi connectivity index (χ4v) is 6.95. The van der Waals surface area contributed by atoms with Crippen molar-refractivity contribution in [2.75, 3.05) is 45.2 Å². The number of likely N-dealkylation sites (tertiary alicyclic amines) is 1. The smallest absolute Gasteiger partial charge is 0.410 e. The molecule has 0 radical (unpaired) electrons. The molecule has 2 atom stereocenters. The molecule has 4 aliphatic heterocycles. The van der Waals surface area contributed by atoms with Crippen molar-refractivity contribution in [1.82, 2.24) is 14.7 Å². The molecule has 3 amide bonds. The van der Waals surface area contributed by atoms with Crippen molar-refractivity contribution in [1.29, 1.82) is 0 Å². The lowest BCUT2D eigenvalue weighted by Crippen LogP contribution is -2.60. The van der Waals surface area contributed by atoms with Gasteiger partial charge in [-0.15, -0.1) is 0 Å². The number of anilines is 1. The molecule has 1 aromatic rings. The third kappa shape index (κ3) is 3.93. The van der Waals surface area contributed by atoms with Crippen LogP contribution in [-0.4, -0.2) is 85.3 Å². The van der Waals surface area contributed by atoms with Crippen LogP contribution in [0.25, 0.3) is 0 Å². The summed E-state index contributed by atoms with van der Waals surface area (Å²) in [5, 5.41) is 0. The van der Waals surface area contributed by atoms with Crippen LogP contribution in [0.4, 0.5) is 19.7 Å². The maximum Gasteiger partial charge on any atom is 0.410 e. The molecule has 3 fully saturated rings. The van der Waals surface area contributed by atoms with Gasteiger partial charge in [0.25, 0.3) is 0 Å². The van der Waals surface area contributed by atoms with Crippen LogP contribution in [0, 0.1) is 5.82 Å². The number of benzene rings is 1. The minimum absolute atomic E-state index is 0.0497. The molecule has 34 heavy (non-hydrogen) atoms. The van der Waals surface area contributed by atoms with Crippen molar-refractivity contribution >= 4 is 17.8 Å². The van der Waals surface area contributed by atoms with E-state index in [1.807, 2.05) is 16.7 Å².